The van der Waals surface area contributed by atoms with Crippen molar-refractivity contribution < 1.29 is 13.2 Å². The number of benzene rings is 3. The predicted octanol–water partition coefficient (Wildman–Crippen LogP) is 5.62. The maximum Gasteiger partial charge on any atom is 0.261 e. The van der Waals surface area contributed by atoms with Crippen molar-refractivity contribution in [2.24, 2.45) is 0 Å². The number of carbonyl (C=O) groups is 1. The van der Waals surface area contributed by atoms with Crippen molar-refractivity contribution in [3.8, 4) is 0 Å². The second-order valence-corrected chi connectivity index (χ2v) is 10.2. The van der Waals surface area contributed by atoms with Crippen LogP contribution in [0.4, 0.5) is 10.8 Å². The molecule has 31 heavy (non-hydrogen) atoms. The monoisotopic (exact) mass is 471 g/mol. The van der Waals surface area contributed by atoms with Crippen LogP contribution in [0, 0.1) is 13.8 Å². The summed E-state index contributed by atoms with van der Waals surface area (Å²) in [5.41, 5.74) is 3.81. The van der Waals surface area contributed by atoms with Gasteiger partial charge in [0.2, 0.25) is 0 Å². The number of amides is 1. The van der Waals surface area contributed by atoms with Crippen molar-refractivity contribution in [3.63, 3.8) is 0 Å². The molecule has 9 heteroatoms. The molecule has 0 fully saturated rings. The van der Waals surface area contributed by atoms with Gasteiger partial charge in [-0.2, -0.15) is 0 Å². The highest BCUT2D eigenvalue weighted by Crippen LogP contribution is 2.29. The van der Waals surface area contributed by atoms with Gasteiger partial charge < -0.3 is 0 Å². The van der Waals surface area contributed by atoms with Gasteiger partial charge in [-0.1, -0.05) is 29.0 Å². The minimum atomic E-state index is -3.75. The molecule has 0 spiro atoms. The summed E-state index contributed by atoms with van der Waals surface area (Å²) in [7, 11) is -3.75. The Hall–Kier alpha value is -2.94. The standard InChI is InChI=1S/C22H18ClN3O3S2/c1-13-11-14(2)20-19(12-13)30-22(24-20)25-21(27)15-3-7-17(8-4-15)26-31(28,29)18-9-5-16(23)6-10-18/h3-12,26H,1-2H3,(H,24,25,27). The Morgan fingerprint density at radius 1 is 1.00 bits per heavy atom. The smallest absolute Gasteiger partial charge is 0.261 e. The first-order valence-corrected chi connectivity index (χ1v) is 12.0. The van der Waals surface area contributed by atoms with Crippen LogP contribution in [0.3, 0.4) is 0 Å². The Morgan fingerprint density at radius 3 is 2.35 bits per heavy atom. The first kappa shape index (κ1) is 21.3. The van der Waals surface area contributed by atoms with Crippen LogP contribution in [-0.2, 0) is 10.0 Å². The first-order chi connectivity index (χ1) is 14.7. The van der Waals surface area contributed by atoms with Crippen molar-refractivity contribution in [1.82, 2.24) is 4.98 Å². The average molecular weight is 472 g/mol. The molecule has 0 bridgehead atoms. The molecule has 4 aromatic rings. The summed E-state index contributed by atoms with van der Waals surface area (Å²) in [4.78, 5) is 17.2. The molecule has 0 atom stereocenters. The van der Waals surface area contributed by atoms with Crippen LogP contribution in [0.2, 0.25) is 5.02 Å². The Bertz CT molecular complexity index is 1380. The second-order valence-electron chi connectivity index (χ2n) is 7.04. The molecule has 1 aromatic heterocycles. The molecule has 1 amide bonds. The highest BCUT2D eigenvalue weighted by Gasteiger charge is 2.15. The number of nitrogens with one attached hydrogen (secondary N) is 2. The van der Waals surface area contributed by atoms with Crippen LogP contribution < -0.4 is 10.0 Å². The topological polar surface area (TPSA) is 88.2 Å². The summed E-state index contributed by atoms with van der Waals surface area (Å²) in [5.74, 6) is -0.319. The van der Waals surface area contributed by atoms with Gasteiger partial charge in [-0.25, -0.2) is 13.4 Å². The van der Waals surface area contributed by atoms with Crippen LogP contribution in [0.25, 0.3) is 10.2 Å². The highest BCUT2D eigenvalue weighted by atomic mass is 35.5. The van der Waals surface area contributed by atoms with Crippen molar-refractivity contribution in [2.45, 2.75) is 18.7 Å². The fourth-order valence-corrected chi connectivity index (χ4v) is 5.33. The molecule has 2 N–H and O–H groups in total. The van der Waals surface area contributed by atoms with E-state index >= 15 is 0 Å². The van der Waals surface area contributed by atoms with Crippen molar-refractivity contribution in [3.05, 3.63) is 82.4 Å². The van der Waals surface area contributed by atoms with Crippen LogP contribution >= 0.6 is 22.9 Å². The third kappa shape index (κ3) is 4.71. The number of aryl methyl sites for hydroxylation is 2. The number of hydrogen-bond acceptors (Lipinski definition) is 5. The number of thiazole rings is 1. The zero-order valence-corrected chi connectivity index (χ0v) is 19.0. The third-order valence-corrected chi connectivity index (χ3v) is 7.14. The quantitative estimate of drug-likeness (QED) is 0.395. The lowest BCUT2D eigenvalue weighted by atomic mass is 10.1. The normalized spacial score (nSPS) is 11.5. The van der Waals surface area contributed by atoms with Gasteiger partial charge in [-0.05, 0) is 79.6 Å². The van der Waals surface area contributed by atoms with Gasteiger partial charge in [0.1, 0.15) is 0 Å². The number of anilines is 2. The maximum atomic E-state index is 12.6. The molecule has 0 aliphatic carbocycles. The van der Waals surface area contributed by atoms with Gasteiger partial charge in [-0.15, -0.1) is 0 Å². The predicted molar refractivity (Wildman–Crippen MR) is 126 cm³/mol. The molecule has 158 valence electrons. The van der Waals surface area contributed by atoms with E-state index < -0.39 is 10.0 Å². The third-order valence-electron chi connectivity index (χ3n) is 4.57. The molecular formula is C22H18ClN3O3S2. The van der Waals surface area contributed by atoms with E-state index in [0.29, 0.717) is 21.4 Å². The Kier molecular flexibility index (Phi) is 5.70. The fraction of sp³-hybridized carbons (Fsp3) is 0.0909. The number of carbonyl (C=O) groups excluding carboxylic acids is 1. The van der Waals surface area contributed by atoms with E-state index in [0.717, 1.165) is 21.3 Å². The molecule has 3 aromatic carbocycles. The van der Waals surface area contributed by atoms with Crippen LogP contribution in [0.5, 0.6) is 0 Å². The number of hydrogen-bond donors (Lipinski definition) is 2. The number of aromatic nitrogens is 1. The highest BCUT2D eigenvalue weighted by molar-refractivity contribution is 7.92. The zero-order valence-electron chi connectivity index (χ0n) is 16.6. The van der Waals surface area contributed by atoms with E-state index in [1.807, 2.05) is 19.9 Å². The van der Waals surface area contributed by atoms with E-state index in [9.17, 15) is 13.2 Å². The molecule has 0 unspecified atom stereocenters. The summed E-state index contributed by atoms with van der Waals surface area (Å²) in [6.07, 6.45) is 0. The fourth-order valence-electron chi connectivity index (χ4n) is 3.11. The molecular weight excluding hydrogens is 454 g/mol. The van der Waals surface area contributed by atoms with E-state index in [-0.39, 0.29) is 10.8 Å². The van der Waals surface area contributed by atoms with E-state index in [4.69, 9.17) is 11.6 Å². The SMILES string of the molecule is Cc1cc(C)c2nc(NC(=O)c3ccc(NS(=O)(=O)c4ccc(Cl)cc4)cc3)sc2c1. The number of fused-ring (bicyclic) bond motifs is 1. The van der Waals surface area contributed by atoms with Crippen molar-refractivity contribution >= 4 is 59.9 Å². The molecule has 0 radical (unpaired) electrons. The van der Waals surface area contributed by atoms with Crippen LogP contribution in [0.15, 0.2) is 65.6 Å². The Labute approximate surface area is 189 Å². The minimum Gasteiger partial charge on any atom is -0.298 e. The van der Waals surface area contributed by atoms with Gasteiger partial charge >= 0.3 is 0 Å². The van der Waals surface area contributed by atoms with E-state index in [1.54, 1.807) is 12.1 Å². The minimum absolute atomic E-state index is 0.0973. The number of halogens is 1. The summed E-state index contributed by atoms with van der Waals surface area (Å²) in [5, 5.41) is 3.78. The van der Waals surface area contributed by atoms with Gasteiger partial charge in [0.05, 0.1) is 15.1 Å². The van der Waals surface area contributed by atoms with Crippen molar-refractivity contribution in [2.75, 3.05) is 10.0 Å². The second kappa shape index (κ2) is 8.30. The lowest BCUT2D eigenvalue weighted by molar-refractivity contribution is 0.102. The molecule has 0 aliphatic rings. The first-order valence-electron chi connectivity index (χ1n) is 9.29. The summed E-state index contributed by atoms with van der Waals surface area (Å²) in [6.45, 7) is 4.01. The van der Waals surface area contributed by atoms with Gasteiger partial charge in [0.15, 0.2) is 5.13 Å². The molecule has 6 nitrogen and oxygen atoms in total. The maximum absolute atomic E-state index is 12.6. The van der Waals surface area contributed by atoms with Gasteiger partial charge in [-0.3, -0.25) is 14.8 Å². The van der Waals surface area contributed by atoms with E-state index in [1.165, 1.54) is 47.7 Å². The summed E-state index contributed by atoms with van der Waals surface area (Å²) < 4.78 is 28.4. The van der Waals surface area contributed by atoms with Gasteiger partial charge in [0, 0.05) is 16.3 Å². The van der Waals surface area contributed by atoms with Crippen LogP contribution in [-0.4, -0.2) is 19.3 Å². The molecule has 0 saturated heterocycles. The Morgan fingerprint density at radius 2 is 1.68 bits per heavy atom. The summed E-state index contributed by atoms with van der Waals surface area (Å²) >= 11 is 7.22. The molecule has 0 aliphatic heterocycles. The Balaban J connectivity index is 1.48. The van der Waals surface area contributed by atoms with E-state index in [2.05, 4.69) is 21.1 Å². The largest absolute Gasteiger partial charge is 0.298 e. The summed E-state index contributed by atoms with van der Waals surface area (Å²) in [6, 6.07) is 16.1. The van der Waals surface area contributed by atoms with Crippen molar-refractivity contribution in [1.29, 1.82) is 0 Å². The number of nitrogens with zero attached hydrogens (tertiary/aromatic N) is 1. The average Bonchev–Trinajstić information content (AvgIpc) is 3.11. The zero-order chi connectivity index (χ0) is 22.2. The molecule has 4 rings (SSSR count). The van der Waals surface area contributed by atoms with Gasteiger partial charge in [0.25, 0.3) is 15.9 Å². The molecule has 1 heterocycles. The molecule has 0 saturated carbocycles. The number of rotatable bonds is 5. The van der Waals surface area contributed by atoms with Crippen LogP contribution in [0.1, 0.15) is 21.5 Å². The lowest BCUT2D eigenvalue weighted by Gasteiger charge is -2.09. The number of sulfonamides is 1. The lowest BCUT2D eigenvalue weighted by Crippen LogP contribution is -2.14.